The second kappa shape index (κ2) is 10.3. The van der Waals surface area contributed by atoms with Crippen LogP contribution >= 0.6 is 0 Å². The molecule has 1 N–H and O–H groups in total. The first-order valence-corrected chi connectivity index (χ1v) is 13.3. The van der Waals surface area contributed by atoms with Gasteiger partial charge < -0.3 is 0 Å². The molecular formula is C30H34CrN2O2. The average Bonchev–Trinajstić information content (AvgIpc) is 3.55. The fraction of sp³-hybridized carbons (Fsp3) is 0.400. The molecule has 3 aromatic rings. The molecule has 0 unspecified atom stereocenters. The Bertz CT molecular complexity index is 1160. The minimum absolute atomic E-state index is 0.00821. The third-order valence-corrected chi connectivity index (χ3v) is 8.40. The maximum absolute atomic E-state index is 6.83. The number of hydrazone groups is 1. The van der Waals surface area contributed by atoms with Crippen LogP contribution in [0.15, 0.2) is 88.6 Å². The number of ether oxygens (including phenoxy) is 1. The van der Waals surface area contributed by atoms with Gasteiger partial charge in [0.1, 0.15) is 0 Å². The van der Waals surface area contributed by atoms with Crippen molar-refractivity contribution in [3.8, 4) is 0 Å². The summed E-state index contributed by atoms with van der Waals surface area (Å²) in [6.45, 7) is 7.07. The molecule has 4 nitrogen and oxygen atoms in total. The van der Waals surface area contributed by atoms with Crippen LogP contribution in [0.5, 0.6) is 0 Å². The number of hydrogen-bond donors (Lipinski definition) is 1. The van der Waals surface area contributed by atoms with E-state index in [9.17, 15) is 0 Å². The predicted molar refractivity (Wildman–Crippen MR) is 137 cm³/mol. The van der Waals surface area contributed by atoms with Crippen LogP contribution in [0.2, 0.25) is 0 Å². The van der Waals surface area contributed by atoms with E-state index in [1.165, 1.54) is 17.5 Å². The third-order valence-electron chi connectivity index (χ3n) is 7.93. The third kappa shape index (κ3) is 4.96. The summed E-state index contributed by atoms with van der Waals surface area (Å²) in [4.78, 5) is 0. The van der Waals surface area contributed by atoms with Gasteiger partial charge in [0.05, 0.1) is 0 Å². The van der Waals surface area contributed by atoms with Crippen molar-refractivity contribution in [2.24, 2.45) is 16.9 Å². The van der Waals surface area contributed by atoms with Crippen molar-refractivity contribution in [3.05, 3.63) is 95.9 Å². The van der Waals surface area contributed by atoms with E-state index >= 15 is 0 Å². The van der Waals surface area contributed by atoms with E-state index in [1.807, 2.05) is 18.2 Å². The van der Waals surface area contributed by atoms with E-state index in [4.69, 9.17) is 14.3 Å². The molecule has 1 aromatic heterocycles. The van der Waals surface area contributed by atoms with Crippen molar-refractivity contribution >= 4 is 10.3 Å². The van der Waals surface area contributed by atoms with E-state index in [0.29, 0.717) is 11.8 Å². The second-order valence-electron chi connectivity index (χ2n) is 10.6. The van der Waals surface area contributed by atoms with Crippen LogP contribution in [0.3, 0.4) is 0 Å². The Morgan fingerprint density at radius 1 is 1.00 bits per heavy atom. The summed E-state index contributed by atoms with van der Waals surface area (Å²) in [7, 11) is 0. The summed E-state index contributed by atoms with van der Waals surface area (Å²) in [5, 5.41) is 4.77. The van der Waals surface area contributed by atoms with Gasteiger partial charge in [-0.1, -0.05) is 0 Å². The van der Waals surface area contributed by atoms with Crippen LogP contribution < -0.4 is 5.43 Å². The van der Waals surface area contributed by atoms with Crippen LogP contribution in [-0.4, -0.2) is 16.4 Å². The van der Waals surface area contributed by atoms with Crippen molar-refractivity contribution in [2.75, 3.05) is 0 Å². The minimum atomic E-state index is -0.0646. The molecule has 1 saturated carbocycles. The Kier molecular flexibility index (Phi) is 7.12. The molecule has 35 heavy (non-hydrogen) atoms. The summed E-state index contributed by atoms with van der Waals surface area (Å²) < 4.78 is 13.5. The first kappa shape index (κ1) is 24.3. The zero-order chi connectivity index (χ0) is 24.4. The normalized spacial score (nSPS) is 26.7. The number of hydrogen-bond acceptors (Lipinski definition) is 4. The van der Waals surface area contributed by atoms with Gasteiger partial charge in [-0.25, -0.2) is 0 Å². The fourth-order valence-corrected chi connectivity index (χ4v) is 6.33. The molecule has 2 heterocycles. The van der Waals surface area contributed by atoms with Gasteiger partial charge in [-0.2, -0.15) is 0 Å². The zero-order valence-electron chi connectivity index (χ0n) is 20.7. The quantitative estimate of drug-likeness (QED) is 0.396. The van der Waals surface area contributed by atoms with Gasteiger partial charge in [0, 0.05) is 0 Å². The monoisotopic (exact) mass is 506 g/mol. The van der Waals surface area contributed by atoms with Crippen LogP contribution in [0.4, 0.5) is 0 Å². The molecule has 0 saturated heterocycles. The summed E-state index contributed by atoms with van der Waals surface area (Å²) in [6.07, 6.45) is 5.27. The predicted octanol–water partition coefficient (Wildman–Crippen LogP) is 6.54. The SMILES string of the molecule is C[C@@H]1CC[C@@H](C(C)(C)c2ccccc2)[C@H](O[C](=[Cr])C2=NN[C@@H](c3ccccc3)[C@@H]2c2ccco2)C1. The van der Waals surface area contributed by atoms with Gasteiger partial charge in [0.2, 0.25) is 0 Å². The number of nitrogens with one attached hydrogen (secondary N) is 1. The first-order valence-electron chi connectivity index (χ1n) is 12.6. The van der Waals surface area contributed by atoms with Crippen LogP contribution in [-0.2, 0) is 26.0 Å². The van der Waals surface area contributed by atoms with Gasteiger partial charge in [0.15, 0.2) is 0 Å². The topological polar surface area (TPSA) is 46.8 Å². The molecule has 5 rings (SSSR count). The van der Waals surface area contributed by atoms with Crippen molar-refractivity contribution < 1.29 is 25.0 Å². The summed E-state index contributed by atoms with van der Waals surface area (Å²) in [5.74, 6) is 1.87. The van der Waals surface area contributed by atoms with Gasteiger partial charge in [-0.3, -0.25) is 0 Å². The van der Waals surface area contributed by atoms with E-state index < -0.39 is 0 Å². The summed E-state index contributed by atoms with van der Waals surface area (Å²) >= 11 is 3.24. The Labute approximate surface area is 216 Å². The van der Waals surface area contributed by atoms with Crippen LogP contribution in [0.1, 0.15) is 68.9 Å². The maximum atomic E-state index is 6.83. The van der Waals surface area contributed by atoms with Gasteiger partial charge in [-0.15, -0.1) is 0 Å². The molecule has 2 aromatic carbocycles. The molecule has 1 fully saturated rings. The van der Waals surface area contributed by atoms with Crippen molar-refractivity contribution in [1.82, 2.24) is 5.43 Å². The average molecular weight is 507 g/mol. The Morgan fingerprint density at radius 2 is 1.71 bits per heavy atom. The van der Waals surface area contributed by atoms with Crippen LogP contribution in [0.25, 0.3) is 0 Å². The van der Waals surface area contributed by atoms with E-state index in [0.717, 1.165) is 28.9 Å². The molecule has 2 aliphatic rings. The molecule has 0 amide bonds. The molecule has 0 radical (unpaired) electrons. The van der Waals surface area contributed by atoms with Crippen LogP contribution in [0, 0.1) is 11.8 Å². The molecule has 0 bridgehead atoms. The number of furan rings is 1. The summed E-state index contributed by atoms with van der Waals surface area (Å²) in [6, 6.07) is 25.3. The number of rotatable bonds is 7. The van der Waals surface area contributed by atoms with Crippen molar-refractivity contribution in [1.29, 1.82) is 0 Å². The molecule has 1 aliphatic heterocycles. The molecule has 182 valence electrons. The van der Waals surface area contributed by atoms with Crippen molar-refractivity contribution in [2.45, 2.75) is 63.5 Å². The number of benzene rings is 2. The zero-order valence-corrected chi connectivity index (χ0v) is 22.0. The first-order chi connectivity index (χ1) is 16.9. The van der Waals surface area contributed by atoms with Gasteiger partial charge in [0.25, 0.3) is 0 Å². The van der Waals surface area contributed by atoms with E-state index in [2.05, 4.69) is 96.6 Å². The van der Waals surface area contributed by atoms with Gasteiger partial charge >= 0.3 is 217 Å². The van der Waals surface area contributed by atoms with Gasteiger partial charge in [-0.05, 0) is 0 Å². The molecule has 0 spiro atoms. The Balaban J connectivity index is 1.41. The fourth-order valence-electron chi connectivity index (χ4n) is 5.87. The van der Waals surface area contributed by atoms with Crippen molar-refractivity contribution in [3.63, 3.8) is 0 Å². The Hall–Kier alpha value is -2.45. The second-order valence-corrected chi connectivity index (χ2v) is 11.1. The summed E-state index contributed by atoms with van der Waals surface area (Å²) in [5.41, 5.74) is 6.79. The molecule has 5 atom stereocenters. The molecule has 1 aliphatic carbocycles. The number of nitrogens with zero attached hydrogens (tertiary/aromatic N) is 1. The molecule has 5 heteroatoms. The Morgan fingerprint density at radius 3 is 2.40 bits per heavy atom. The standard InChI is InChI=1S/C30H34N2O2.Cr/c1-21-16-17-24(30(2,3)23-13-8-5-9-14-23)27(19-21)34-20-25-28(26-15-10-18-33-26)29(32-31-25)22-11-6-4-7-12-22;/h4-15,18,21,24,27-29,32H,16-17,19H2,1-3H3;/t21-,24-,27-,28+,29+;/m1./s1. The van der Waals surface area contributed by atoms with E-state index in [1.54, 1.807) is 6.26 Å². The van der Waals surface area contributed by atoms with E-state index in [-0.39, 0.29) is 23.5 Å². The molecular weight excluding hydrogens is 472 g/mol.